The molecule has 0 radical (unpaired) electrons. The van der Waals surface area contributed by atoms with Gasteiger partial charge in [0.2, 0.25) is 5.91 Å². The number of aromatic nitrogens is 5. The molecule has 124 valence electrons. The van der Waals surface area contributed by atoms with Gasteiger partial charge in [0.1, 0.15) is 0 Å². The molecule has 2 aromatic rings. The zero-order valence-corrected chi connectivity index (χ0v) is 13.7. The second-order valence-corrected chi connectivity index (χ2v) is 6.08. The van der Waals surface area contributed by atoms with E-state index in [0.717, 1.165) is 29.8 Å². The Labute approximate surface area is 133 Å². The van der Waals surface area contributed by atoms with Gasteiger partial charge in [-0.05, 0) is 38.7 Å². The monoisotopic (exact) mass is 318 g/mol. The number of carbonyl (C=O) groups excluding carboxylic acids is 1. The van der Waals surface area contributed by atoms with E-state index in [1.54, 1.807) is 0 Å². The van der Waals surface area contributed by atoms with Crippen LogP contribution < -0.4 is 5.69 Å². The van der Waals surface area contributed by atoms with E-state index in [1.807, 2.05) is 30.5 Å². The van der Waals surface area contributed by atoms with Crippen LogP contribution in [0.1, 0.15) is 48.1 Å². The fourth-order valence-corrected chi connectivity index (χ4v) is 3.35. The highest BCUT2D eigenvalue weighted by atomic mass is 16.2. The summed E-state index contributed by atoms with van der Waals surface area (Å²) < 4.78 is 1.85. The van der Waals surface area contributed by atoms with E-state index < -0.39 is 0 Å². The number of carbonyl (C=O) groups is 1. The second kappa shape index (κ2) is 6.02. The van der Waals surface area contributed by atoms with Gasteiger partial charge in [-0.15, -0.1) is 0 Å². The number of H-pyrrole nitrogens is 2. The first kappa shape index (κ1) is 15.5. The maximum atomic E-state index is 12.6. The number of aryl methyl sites for hydroxylation is 2. The van der Waals surface area contributed by atoms with Gasteiger partial charge in [-0.3, -0.25) is 14.5 Å². The molecule has 1 aliphatic rings. The van der Waals surface area contributed by atoms with Crippen LogP contribution in [0.15, 0.2) is 4.79 Å². The SMILES string of the molecule is Cc1nn(C)c(C)c1CCC(=O)N1CCC[C@H]1c1n[nH]c(=O)[nH]1. The number of rotatable bonds is 4. The summed E-state index contributed by atoms with van der Waals surface area (Å²) >= 11 is 0. The van der Waals surface area contributed by atoms with Crippen LogP contribution in [0.3, 0.4) is 0 Å². The Morgan fingerprint density at radius 1 is 1.39 bits per heavy atom. The number of nitrogens with one attached hydrogen (secondary N) is 2. The van der Waals surface area contributed by atoms with Gasteiger partial charge >= 0.3 is 5.69 Å². The van der Waals surface area contributed by atoms with E-state index in [0.29, 0.717) is 25.2 Å². The molecule has 0 bridgehead atoms. The lowest BCUT2D eigenvalue weighted by molar-refractivity contribution is -0.132. The summed E-state index contributed by atoms with van der Waals surface area (Å²) in [6.45, 7) is 4.70. The van der Waals surface area contributed by atoms with E-state index in [1.165, 1.54) is 0 Å². The van der Waals surface area contributed by atoms with Gasteiger partial charge in [0.05, 0.1) is 11.7 Å². The molecule has 1 aliphatic heterocycles. The highest BCUT2D eigenvalue weighted by Gasteiger charge is 2.32. The first-order valence-electron chi connectivity index (χ1n) is 7.90. The molecular formula is C15H22N6O2. The van der Waals surface area contributed by atoms with Crippen molar-refractivity contribution in [2.75, 3.05) is 6.54 Å². The smallest absolute Gasteiger partial charge is 0.332 e. The molecule has 2 N–H and O–H groups in total. The van der Waals surface area contributed by atoms with Crippen LogP contribution in [-0.4, -0.2) is 42.3 Å². The average Bonchev–Trinajstić information content (AvgIpc) is 3.19. The molecular weight excluding hydrogens is 296 g/mol. The molecule has 1 fully saturated rings. The molecule has 8 nitrogen and oxygen atoms in total. The third kappa shape index (κ3) is 2.93. The largest absolute Gasteiger partial charge is 0.340 e. The predicted octanol–water partition coefficient (Wildman–Crippen LogP) is 0.745. The number of nitrogens with zero attached hydrogens (tertiary/aromatic N) is 4. The number of likely N-dealkylation sites (tertiary alicyclic amines) is 1. The van der Waals surface area contributed by atoms with Gasteiger partial charge in [-0.25, -0.2) is 9.89 Å². The highest BCUT2D eigenvalue weighted by Crippen LogP contribution is 2.30. The highest BCUT2D eigenvalue weighted by molar-refractivity contribution is 5.77. The first-order chi connectivity index (χ1) is 11.0. The molecule has 23 heavy (non-hydrogen) atoms. The Balaban J connectivity index is 1.69. The van der Waals surface area contributed by atoms with Crippen LogP contribution in [0.25, 0.3) is 0 Å². The standard InChI is InChI=1S/C15H22N6O2/c1-9-11(10(2)20(3)19-9)6-7-13(22)21-8-4-5-12(21)14-16-15(23)18-17-14/h12H,4-8H2,1-3H3,(H2,16,17,18,23)/t12-/m0/s1. The van der Waals surface area contributed by atoms with Crippen molar-refractivity contribution in [3.8, 4) is 0 Å². The Kier molecular flexibility index (Phi) is 4.06. The normalized spacial score (nSPS) is 17.9. The number of hydrogen-bond acceptors (Lipinski definition) is 4. The summed E-state index contributed by atoms with van der Waals surface area (Å²) in [7, 11) is 1.91. The van der Waals surface area contributed by atoms with Crippen LogP contribution in [0.4, 0.5) is 0 Å². The summed E-state index contributed by atoms with van der Waals surface area (Å²) in [5.41, 5.74) is 2.89. The molecule has 1 amide bonds. The van der Waals surface area contributed by atoms with Crippen molar-refractivity contribution in [1.29, 1.82) is 0 Å². The minimum Gasteiger partial charge on any atom is -0.332 e. The average molecular weight is 318 g/mol. The maximum Gasteiger partial charge on any atom is 0.340 e. The van der Waals surface area contributed by atoms with Crippen LogP contribution in [0.5, 0.6) is 0 Å². The topological polar surface area (TPSA) is 99.7 Å². The van der Waals surface area contributed by atoms with Crippen molar-refractivity contribution < 1.29 is 4.79 Å². The number of amides is 1. The first-order valence-corrected chi connectivity index (χ1v) is 7.90. The predicted molar refractivity (Wildman–Crippen MR) is 83.9 cm³/mol. The molecule has 0 aliphatic carbocycles. The summed E-state index contributed by atoms with van der Waals surface area (Å²) in [4.78, 5) is 28.3. The minimum atomic E-state index is -0.332. The Morgan fingerprint density at radius 3 is 2.78 bits per heavy atom. The molecule has 0 unspecified atom stereocenters. The molecule has 0 spiro atoms. The van der Waals surface area contributed by atoms with Crippen LogP contribution in [-0.2, 0) is 18.3 Å². The van der Waals surface area contributed by atoms with Crippen LogP contribution >= 0.6 is 0 Å². The van der Waals surface area contributed by atoms with Gasteiger partial charge in [0, 0.05) is 25.7 Å². The van der Waals surface area contributed by atoms with E-state index >= 15 is 0 Å². The van der Waals surface area contributed by atoms with Crippen molar-refractivity contribution in [3.05, 3.63) is 33.3 Å². The summed E-state index contributed by atoms with van der Waals surface area (Å²) in [6.07, 6.45) is 2.89. The van der Waals surface area contributed by atoms with E-state index in [4.69, 9.17) is 0 Å². The molecule has 0 aromatic carbocycles. The van der Waals surface area contributed by atoms with Crippen LogP contribution in [0, 0.1) is 13.8 Å². The Bertz CT molecular complexity index is 771. The van der Waals surface area contributed by atoms with Crippen LogP contribution in [0.2, 0.25) is 0 Å². The summed E-state index contributed by atoms with van der Waals surface area (Å²) in [5.74, 6) is 0.647. The van der Waals surface area contributed by atoms with Crippen molar-refractivity contribution in [2.24, 2.45) is 7.05 Å². The van der Waals surface area contributed by atoms with E-state index in [-0.39, 0.29) is 17.6 Å². The lowest BCUT2D eigenvalue weighted by atomic mass is 10.1. The van der Waals surface area contributed by atoms with E-state index in [9.17, 15) is 9.59 Å². The fraction of sp³-hybridized carbons (Fsp3) is 0.600. The van der Waals surface area contributed by atoms with Gasteiger partial charge in [-0.1, -0.05) is 0 Å². The molecule has 1 saturated heterocycles. The Morgan fingerprint density at radius 2 is 2.17 bits per heavy atom. The molecule has 2 aromatic heterocycles. The van der Waals surface area contributed by atoms with Crippen molar-refractivity contribution >= 4 is 5.91 Å². The summed E-state index contributed by atoms with van der Waals surface area (Å²) in [5, 5.41) is 10.7. The van der Waals surface area contributed by atoms with E-state index in [2.05, 4.69) is 20.3 Å². The van der Waals surface area contributed by atoms with Crippen molar-refractivity contribution in [1.82, 2.24) is 29.9 Å². The minimum absolute atomic E-state index is 0.0963. The van der Waals surface area contributed by atoms with Gasteiger partial charge in [0.25, 0.3) is 0 Å². The molecule has 8 heteroatoms. The molecule has 0 saturated carbocycles. The van der Waals surface area contributed by atoms with Crippen molar-refractivity contribution in [3.63, 3.8) is 0 Å². The number of aromatic amines is 2. The molecule has 3 heterocycles. The van der Waals surface area contributed by atoms with Crippen molar-refractivity contribution in [2.45, 2.75) is 45.6 Å². The third-order valence-corrected chi connectivity index (χ3v) is 4.66. The van der Waals surface area contributed by atoms with Gasteiger partial charge < -0.3 is 4.90 Å². The lowest BCUT2D eigenvalue weighted by Gasteiger charge is -2.22. The van der Waals surface area contributed by atoms with Gasteiger partial charge in [0.15, 0.2) is 5.82 Å². The zero-order valence-electron chi connectivity index (χ0n) is 13.7. The summed E-state index contributed by atoms with van der Waals surface area (Å²) in [6, 6.07) is -0.127. The fourth-order valence-electron chi connectivity index (χ4n) is 3.35. The number of hydrogen-bond donors (Lipinski definition) is 2. The zero-order chi connectivity index (χ0) is 16.6. The third-order valence-electron chi connectivity index (χ3n) is 4.66. The quantitative estimate of drug-likeness (QED) is 0.868. The second-order valence-electron chi connectivity index (χ2n) is 6.08. The molecule has 1 atom stereocenters. The maximum absolute atomic E-state index is 12.6. The lowest BCUT2D eigenvalue weighted by Crippen LogP contribution is -2.31. The van der Waals surface area contributed by atoms with Gasteiger partial charge in [-0.2, -0.15) is 10.2 Å². The Hall–Kier alpha value is -2.38. The molecule has 3 rings (SSSR count).